The molecule has 1 fully saturated rings. The number of hydrogen-bond acceptors (Lipinski definition) is 5. The van der Waals surface area contributed by atoms with Gasteiger partial charge in [-0.15, -0.1) is 5.10 Å². The van der Waals surface area contributed by atoms with Crippen molar-refractivity contribution in [1.82, 2.24) is 14.3 Å². The molecule has 37 heavy (non-hydrogen) atoms. The summed E-state index contributed by atoms with van der Waals surface area (Å²) in [6, 6.07) is 4.01. The van der Waals surface area contributed by atoms with Crippen LogP contribution in [0.5, 0.6) is 5.75 Å². The highest BCUT2D eigenvalue weighted by molar-refractivity contribution is 6.34. The van der Waals surface area contributed by atoms with Crippen LogP contribution in [-0.4, -0.2) is 43.6 Å². The largest absolute Gasteiger partial charge is 0.480 e. The lowest BCUT2D eigenvalue weighted by Gasteiger charge is -2.20. The SMILES string of the molecule is C[C@H](Oc1cc(-n2nc(C(=O)O)n(C3CC3)c2=O)c(F)cc1C(=O)Nc1c(F)cccc1Cl)C(F)(F)F. The number of nitrogens with zero attached hydrogens (tertiary/aromatic N) is 3. The number of benzene rings is 2. The topological polar surface area (TPSA) is 115 Å². The standard InChI is InChI=1S/C22H16ClF5N4O5/c1-9(22(26,27)28)37-16-8-15(32-21(36)31(10-5-6-10)18(30-32)20(34)35)14(25)7-11(16)19(33)29-17-12(23)3-2-4-13(17)24/h2-4,7-10H,5-6H2,1H3,(H,29,33)(H,34,35)/t9-/m0/s1. The highest BCUT2D eigenvalue weighted by Crippen LogP contribution is 2.35. The lowest BCUT2D eigenvalue weighted by Crippen LogP contribution is -2.32. The molecule has 15 heteroatoms. The van der Waals surface area contributed by atoms with Crippen LogP contribution in [0, 0.1) is 11.6 Å². The van der Waals surface area contributed by atoms with E-state index in [0.717, 1.165) is 10.6 Å². The first-order chi connectivity index (χ1) is 17.3. The van der Waals surface area contributed by atoms with E-state index < -0.39 is 76.0 Å². The van der Waals surface area contributed by atoms with E-state index in [4.69, 9.17) is 16.3 Å². The Bertz CT molecular complexity index is 1440. The first kappa shape index (κ1) is 26.1. The minimum atomic E-state index is -4.90. The Labute approximate surface area is 209 Å². The van der Waals surface area contributed by atoms with Crippen LogP contribution in [0.25, 0.3) is 5.69 Å². The number of carboxylic acids is 1. The molecule has 9 nitrogen and oxygen atoms in total. The molecule has 0 aliphatic heterocycles. The molecule has 0 saturated heterocycles. The number of carbonyl (C=O) groups is 2. The molecule has 3 aromatic rings. The third-order valence-corrected chi connectivity index (χ3v) is 5.72. The van der Waals surface area contributed by atoms with Crippen molar-refractivity contribution in [2.45, 2.75) is 38.1 Å². The van der Waals surface area contributed by atoms with Crippen molar-refractivity contribution in [3.8, 4) is 11.4 Å². The first-order valence-corrected chi connectivity index (χ1v) is 10.9. The van der Waals surface area contributed by atoms with Gasteiger partial charge in [0.15, 0.2) is 6.10 Å². The zero-order valence-corrected chi connectivity index (χ0v) is 19.4. The average Bonchev–Trinajstić information content (AvgIpc) is 3.58. The maximum atomic E-state index is 15.2. The molecule has 0 unspecified atom stereocenters. The molecule has 0 radical (unpaired) electrons. The number of ether oxygens (including phenoxy) is 1. The van der Waals surface area contributed by atoms with Crippen LogP contribution in [0.4, 0.5) is 27.6 Å². The van der Waals surface area contributed by atoms with E-state index in [1.54, 1.807) is 0 Å². The van der Waals surface area contributed by atoms with Gasteiger partial charge in [0.05, 0.1) is 16.3 Å². The summed E-state index contributed by atoms with van der Waals surface area (Å²) in [6.07, 6.45) is -6.45. The molecule has 1 aromatic heterocycles. The van der Waals surface area contributed by atoms with Gasteiger partial charge in [-0.25, -0.2) is 18.4 Å². The predicted molar refractivity (Wildman–Crippen MR) is 119 cm³/mol. The predicted octanol–water partition coefficient (Wildman–Crippen LogP) is 4.58. The number of anilines is 1. The molecule has 196 valence electrons. The van der Waals surface area contributed by atoms with E-state index in [0.29, 0.717) is 36.6 Å². The molecule has 1 amide bonds. The zero-order valence-electron chi connectivity index (χ0n) is 18.6. The van der Waals surface area contributed by atoms with E-state index in [1.165, 1.54) is 12.1 Å². The molecule has 2 N–H and O–H groups in total. The molecule has 1 aliphatic rings. The number of rotatable bonds is 7. The molecule has 1 saturated carbocycles. The summed E-state index contributed by atoms with van der Waals surface area (Å²) in [7, 11) is 0. The Morgan fingerprint density at radius 2 is 1.89 bits per heavy atom. The van der Waals surface area contributed by atoms with Crippen molar-refractivity contribution >= 4 is 29.2 Å². The van der Waals surface area contributed by atoms with Crippen LogP contribution < -0.4 is 15.7 Å². The highest BCUT2D eigenvalue weighted by atomic mass is 35.5. The van der Waals surface area contributed by atoms with Gasteiger partial charge in [-0.2, -0.15) is 17.9 Å². The van der Waals surface area contributed by atoms with Crippen LogP contribution in [-0.2, 0) is 0 Å². The fraction of sp³-hybridized carbons (Fsp3) is 0.273. The van der Waals surface area contributed by atoms with Gasteiger partial charge in [0.25, 0.3) is 5.91 Å². The summed E-state index contributed by atoms with van der Waals surface area (Å²) in [5.74, 6) is -6.68. The second-order valence-corrected chi connectivity index (χ2v) is 8.48. The first-order valence-electron chi connectivity index (χ1n) is 10.6. The van der Waals surface area contributed by atoms with Gasteiger partial charge < -0.3 is 15.2 Å². The smallest absolute Gasteiger partial charge is 0.425 e. The van der Waals surface area contributed by atoms with E-state index in [2.05, 4.69) is 10.4 Å². The molecule has 1 aliphatic carbocycles. The summed E-state index contributed by atoms with van der Waals surface area (Å²) in [4.78, 5) is 37.2. The Hall–Kier alpha value is -3.94. The Morgan fingerprint density at radius 1 is 1.22 bits per heavy atom. The number of halogens is 6. The number of nitrogens with one attached hydrogen (secondary N) is 1. The van der Waals surface area contributed by atoms with Gasteiger partial charge in [-0.3, -0.25) is 9.36 Å². The molecular formula is C22H16ClF5N4O5. The molecule has 0 bridgehead atoms. The second-order valence-electron chi connectivity index (χ2n) is 8.08. The monoisotopic (exact) mass is 546 g/mol. The number of carboxylic acid groups (broad SMARTS) is 1. The number of alkyl halides is 3. The van der Waals surface area contributed by atoms with Crippen LogP contribution in [0.1, 0.15) is 46.8 Å². The van der Waals surface area contributed by atoms with Gasteiger partial charge >= 0.3 is 17.8 Å². The van der Waals surface area contributed by atoms with E-state index in [9.17, 15) is 37.1 Å². The van der Waals surface area contributed by atoms with E-state index in [-0.39, 0.29) is 5.02 Å². The van der Waals surface area contributed by atoms with E-state index >= 15 is 4.39 Å². The summed E-state index contributed by atoms with van der Waals surface area (Å²) in [5.41, 5.74) is -3.12. The Morgan fingerprint density at radius 3 is 2.46 bits per heavy atom. The van der Waals surface area contributed by atoms with Gasteiger partial charge in [-0.1, -0.05) is 17.7 Å². The lowest BCUT2D eigenvalue weighted by molar-refractivity contribution is -0.189. The maximum Gasteiger partial charge on any atom is 0.425 e. The fourth-order valence-corrected chi connectivity index (χ4v) is 3.59. The van der Waals surface area contributed by atoms with Crippen molar-refractivity contribution in [2.75, 3.05) is 5.32 Å². The minimum absolute atomic E-state index is 0.241. The van der Waals surface area contributed by atoms with Gasteiger partial charge in [0.2, 0.25) is 5.82 Å². The summed E-state index contributed by atoms with van der Waals surface area (Å²) in [6.45, 7) is 0.620. The minimum Gasteiger partial charge on any atom is -0.480 e. The van der Waals surface area contributed by atoms with Gasteiger partial charge in [0, 0.05) is 12.1 Å². The molecule has 1 heterocycles. The summed E-state index contributed by atoms with van der Waals surface area (Å²) < 4.78 is 75.1. The third kappa shape index (κ3) is 5.14. The molecule has 2 aromatic carbocycles. The normalized spacial score (nSPS) is 14.4. The van der Waals surface area contributed by atoms with Crippen LogP contribution in [0.15, 0.2) is 35.1 Å². The van der Waals surface area contributed by atoms with Gasteiger partial charge in [-0.05, 0) is 38.0 Å². The molecule has 0 spiro atoms. The van der Waals surface area contributed by atoms with Crippen LogP contribution in [0.2, 0.25) is 5.02 Å². The number of carbonyl (C=O) groups excluding carboxylic acids is 1. The van der Waals surface area contributed by atoms with Crippen LogP contribution in [0.3, 0.4) is 0 Å². The zero-order chi connectivity index (χ0) is 27.2. The Kier molecular flexibility index (Phi) is 6.71. The quantitative estimate of drug-likeness (QED) is 0.419. The summed E-state index contributed by atoms with van der Waals surface area (Å²) >= 11 is 5.87. The average molecular weight is 547 g/mol. The number of para-hydroxylation sites is 1. The second kappa shape index (κ2) is 9.50. The van der Waals surface area contributed by atoms with E-state index in [1.807, 2.05) is 0 Å². The fourth-order valence-electron chi connectivity index (χ4n) is 3.38. The van der Waals surface area contributed by atoms with Gasteiger partial charge in [0.1, 0.15) is 23.1 Å². The summed E-state index contributed by atoms with van der Waals surface area (Å²) in [5, 5.41) is 14.8. The molecular weight excluding hydrogens is 531 g/mol. The number of aromatic nitrogens is 3. The van der Waals surface area contributed by atoms with Crippen molar-refractivity contribution in [2.24, 2.45) is 0 Å². The molecule has 1 atom stereocenters. The lowest BCUT2D eigenvalue weighted by atomic mass is 10.1. The van der Waals surface area contributed by atoms with Crippen molar-refractivity contribution < 1.29 is 41.4 Å². The molecule has 4 rings (SSSR count). The Balaban J connectivity index is 1.84. The highest BCUT2D eigenvalue weighted by Gasteiger charge is 2.39. The third-order valence-electron chi connectivity index (χ3n) is 5.40. The van der Waals surface area contributed by atoms with Crippen molar-refractivity contribution in [1.29, 1.82) is 0 Å². The number of aromatic carboxylic acids is 1. The number of hydrogen-bond donors (Lipinski definition) is 2. The maximum absolute atomic E-state index is 15.2. The van der Waals surface area contributed by atoms with Crippen LogP contribution >= 0.6 is 11.6 Å². The van der Waals surface area contributed by atoms with Crippen molar-refractivity contribution in [3.05, 3.63) is 68.9 Å². The number of amides is 1. The van der Waals surface area contributed by atoms with Crippen molar-refractivity contribution in [3.63, 3.8) is 0 Å².